The Morgan fingerprint density at radius 2 is 2.04 bits per heavy atom. The van der Waals surface area contributed by atoms with Crippen LogP contribution in [-0.4, -0.2) is 59.4 Å². The predicted octanol–water partition coefficient (Wildman–Crippen LogP) is -0.469. The Morgan fingerprint density at radius 3 is 2.73 bits per heavy atom. The van der Waals surface area contributed by atoms with E-state index in [4.69, 9.17) is 0 Å². The van der Waals surface area contributed by atoms with Gasteiger partial charge in [0.25, 0.3) is 5.56 Å². The summed E-state index contributed by atoms with van der Waals surface area (Å²) in [5, 5.41) is 29.8. The van der Waals surface area contributed by atoms with Crippen molar-refractivity contribution in [3.8, 4) is 0 Å². The average Bonchev–Trinajstić information content (AvgIpc) is 3.17. The Kier molecular flexibility index (Phi) is 4.22. The van der Waals surface area contributed by atoms with Gasteiger partial charge in [0.1, 0.15) is 11.9 Å². The number of carbonyl (C=O) groups is 1. The van der Waals surface area contributed by atoms with Crippen molar-refractivity contribution in [2.75, 3.05) is 6.61 Å². The van der Waals surface area contributed by atoms with E-state index in [0.29, 0.717) is 37.1 Å². The number of aromatic nitrogens is 4. The lowest BCUT2D eigenvalue weighted by Gasteiger charge is -2.18. The van der Waals surface area contributed by atoms with Crippen molar-refractivity contribution in [1.29, 1.82) is 0 Å². The zero-order valence-electron chi connectivity index (χ0n) is 14.0. The van der Waals surface area contributed by atoms with E-state index < -0.39 is 29.7 Å². The lowest BCUT2D eigenvalue weighted by atomic mass is 9.98. The SMILES string of the molecule is O=C1C=C(c2nc3c(ncn3[C@@H]3C[C@H](CO)[C@@H](O)[C@H]3O)c(=O)[nH]2)CCC1. The van der Waals surface area contributed by atoms with Crippen molar-refractivity contribution in [3.63, 3.8) is 0 Å². The molecule has 4 atom stereocenters. The number of fused-ring (bicyclic) bond motifs is 1. The first-order chi connectivity index (χ1) is 12.5. The fraction of sp³-hybridized carbons (Fsp3) is 0.529. The first-order valence-corrected chi connectivity index (χ1v) is 8.67. The molecule has 26 heavy (non-hydrogen) atoms. The number of ketones is 1. The number of imidazole rings is 1. The fourth-order valence-electron chi connectivity index (χ4n) is 3.86. The van der Waals surface area contributed by atoms with E-state index >= 15 is 0 Å². The highest BCUT2D eigenvalue weighted by molar-refractivity contribution is 5.97. The number of aromatic amines is 1. The topological polar surface area (TPSA) is 141 Å². The van der Waals surface area contributed by atoms with Gasteiger partial charge in [-0.3, -0.25) is 9.59 Å². The molecule has 2 aromatic heterocycles. The van der Waals surface area contributed by atoms with Crippen molar-refractivity contribution in [1.82, 2.24) is 19.5 Å². The second-order valence-electron chi connectivity index (χ2n) is 6.95. The normalized spacial score (nSPS) is 29.3. The van der Waals surface area contributed by atoms with Crippen LogP contribution in [0.4, 0.5) is 0 Å². The van der Waals surface area contributed by atoms with Gasteiger partial charge in [-0.25, -0.2) is 9.97 Å². The summed E-state index contributed by atoms with van der Waals surface area (Å²) in [5.74, 6) is -0.126. The highest BCUT2D eigenvalue weighted by Gasteiger charge is 2.42. The van der Waals surface area contributed by atoms with Crippen LogP contribution in [-0.2, 0) is 4.79 Å². The third-order valence-electron chi connectivity index (χ3n) is 5.30. The van der Waals surface area contributed by atoms with Crippen molar-refractivity contribution in [2.24, 2.45) is 5.92 Å². The predicted molar refractivity (Wildman–Crippen MR) is 91.2 cm³/mol. The molecule has 2 aliphatic rings. The van der Waals surface area contributed by atoms with Gasteiger partial charge in [0.15, 0.2) is 16.9 Å². The summed E-state index contributed by atoms with van der Waals surface area (Å²) in [4.78, 5) is 35.3. The number of aliphatic hydroxyl groups excluding tert-OH is 3. The summed E-state index contributed by atoms with van der Waals surface area (Å²) < 4.78 is 1.57. The van der Waals surface area contributed by atoms with Crippen LogP contribution in [0.25, 0.3) is 16.7 Å². The van der Waals surface area contributed by atoms with Gasteiger partial charge in [0.2, 0.25) is 0 Å². The van der Waals surface area contributed by atoms with Gasteiger partial charge in [0.05, 0.1) is 18.5 Å². The van der Waals surface area contributed by atoms with Gasteiger partial charge in [-0.2, -0.15) is 0 Å². The molecule has 9 nitrogen and oxygen atoms in total. The fourth-order valence-corrected chi connectivity index (χ4v) is 3.86. The van der Waals surface area contributed by atoms with Crippen molar-refractivity contribution in [2.45, 2.75) is 43.9 Å². The van der Waals surface area contributed by atoms with Crippen LogP contribution >= 0.6 is 0 Å². The van der Waals surface area contributed by atoms with Gasteiger partial charge < -0.3 is 24.9 Å². The zero-order chi connectivity index (χ0) is 18.4. The molecular formula is C17H20N4O5. The molecule has 2 heterocycles. The number of nitrogens with zero attached hydrogens (tertiary/aromatic N) is 3. The summed E-state index contributed by atoms with van der Waals surface area (Å²) in [7, 11) is 0. The minimum Gasteiger partial charge on any atom is -0.396 e. The van der Waals surface area contributed by atoms with Crippen LogP contribution < -0.4 is 5.56 Å². The molecule has 0 aromatic carbocycles. The molecule has 4 N–H and O–H groups in total. The van der Waals surface area contributed by atoms with Crippen LogP contribution in [0.5, 0.6) is 0 Å². The molecule has 1 saturated carbocycles. The van der Waals surface area contributed by atoms with Gasteiger partial charge >= 0.3 is 0 Å². The van der Waals surface area contributed by atoms with Crippen molar-refractivity contribution in [3.05, 3.63) is 28.6 Å². The first kappa shape index (κ1) is 17.1. The van der Waals surface area contributed by atoms with E-state index in [1.165, 1.54) is 12.4 Å². The number of hydrogen-bond donors (Lipinski definition) is 4. The van der Waals surface area contributed by atoms with Crippen LogP contribution in [0.15, 0.2) is 17.2 Å². The maximum Gasteiger partial charge on any atom is 0.279 e. The smallest absolute Gasteiger partial charge is 0.279 e. The molecule has 138 valence electrons. The second-order valence-corrected chi connectivity index (χ2v) is 6.95. The lowest BCUT2D eigenvalue weighted by molar-refractivity contribution is -0.114. The number of carbonyl (C=O) groups excluding carboxylic acids is 1. The molecule has 4 rings (SSSR count). The maximum atomic E-state index is 12.4. The Labute approximate surface area is 148 Å². The van der Waals surface area contributed by atoms with Crippen LogP contribution in [0.3, 0.4) is 0 Å². The van der Waals surface area contributed by atoms with E-state index in [-0.39, 0.29) is 23.6 Å². The summed E-state index contributed by atoms with van der Waals surface area (Å²) in [5.41, 5.74) is 0.672. The highest BCUT2D eigenvalue weighted by atomic mass is 16.3. The largest absolute Gasteiger partial charge is 0.396 e. The molecule has 9 heteroatoms. The number of hydrogen-bond acceptors (Lipinski definition) is 7. The first-order valence-electron chi connectivity index (χ1n) is 8.67. The monoisotopic (exact) mass is 360 g/mol. The van der Waals surface area contributed by atoms with E-state index in [1.807, 2.05) is 0 Å². The molecule has 0 aliphatic heterocycles. The summed E-state index contributed by atoms with van der Waals surface area (Å²) >= 11 is 0. The molecule has 0 spiro atoms. The van der Waals surface area contributed by atoms with Crippen LogP contribution in [0.2, 0.25) is 0 Å². The number of H-pyrrole nitrogens is 1. The standard InChI is InChI=1S/C17H20N4O5/c22-6-9-5-11(14(25)13(9)24)21-7-18-12-16(21)19-15(20-17(12)26)8-2-1-3-10(23)4-8/h4,7,9,11,13-14,22,24-25H,1-3,5-6H2,(H,19,20,26)/t9-,11-,13-,14+/m1/s1. The Bertz CT molecular complexity index is 946. The van der Waals surface area contributed by atoms with Crippen molar-refractivity contribution < 1.29 is 20.1 Å². The highest BCUT2D eigenvalue weighted by Crippen LogP contribution is 2.36. The second kappa shape index (κ2) is 6.42. The molecule has 0 saturated heterocycles. The molecular weight excluding hydrogens is 340 g/mol. The lowest BCUT2D eigenvalue weighted by Crippen LogP contribution is -2.30. The Morgan fingerprint density at radius 1 is 1.23 bits per heavy atom. The van der Waals surface area contributed by atoms with E-state index in [1.54, 1.807) is 4.57 Å². The molecule has 0 bridgehead atoms. The summed E-state index contributed by atoms with van der Waals surface area (Å²) in [6.45, 7) is -0.240. The Hall–Kier alpha value is -2.36. The minimum atomic E-state index is -1.09. The van der Waals surface area contributed by atoms with Gasteiger partial charge in [-0.15, -0.1) is 0 Å². The zero-order valence-corrected chi connectivity index (χ0v) is 14.0. The summed E-state index contributed by atoms with van der Waals surface area (Å²) in [6.07, 6.45) is 2.95. The molecule has 2 aromatic rings. The van der Waals surface area contributed by atoms with Crippen LogP contribution in [0, 0.1) is 5.92 Å². The number of allylic oxidation sites excluding steroid dienone is 2. The molecule has 0 unspecified atom stereocenters. The molecule has 0 amide bonds. The van der Waals surface area contributed by atoms with E-state index in [9.17, 15) is 24.9 Å². The number of aliphatic hydroxyl groups is 3. The Balaban J connectivity index is 1.80. The average molecular weight is 360 g/mol. The van der Waals surface area contributed by atoms with Crippen molar-refractivity contribution >= 4 is 22.5 Å². The van der Waals surface area contributed by atoms with Crippen LogP contribution in [0.1, 0.15) is 37.5 Å². The minimum absolute atomic E-state index is 0.00243. The molecule has 1 fully saturated rings. The molecule has 2 aliphatic carbocycles. The van der Waals surface area contributed by atoms with Gasteiger partial charge in [0, 0.05) is 18.9 Å². The maximum absolute atomic E-state index is 12.4. The molecule has 0 radical (unpaired) electrons. The third-order valence-corrected chi connectivity index (χ3v) is 5.30. The number of rotatable bonds is 3. The van der Waals surface area contributed by atoms with Gasteiger partial charge in [-0.05, 0) is 30.9 Å². The quantitative estimate of drug-likeness (QED) is 0.580. The third kappa shape index (κ3) is 2.68. The number of nitrogens with one attached hydrogen (secondary N) is 1. The van der Waals surface area contributed by atoms with Gasteiger partial charge in [-0.1, -0.05) is 0 Å². The van der Waals surface area contributed by atoms with E-state index in [0.717, 1.165) is 0 Å². The summed E-state index contributed by atoms with van der Waals surface area (Å²) in [6, 6.07) is -0.545. The van der Waals surface area contributed by atoms with E-state index in [2.05, 4.69) is 15.0 Å².